The van der Waals surface area contributed by atoms with E-state index in [0.29, 0.717) is 5.69 Å². The number of hydrogen-bond donors (Lipinski definition) is 2. The Hall–Kier alpha value is -2.58. The highest BCUT2D eigenvalue weighted by atomic mass is 32.2. The molecule has 0 spiro atoms. The van der Waals surface area contributed by atoms with E-state index in [1.54, 1.807) is 6.07 Å². The summed E-state index contributed by atoms with van der Waals surface area (Å²) in [5.41, 5.74) is 1.77. The fourth-order valence-corrected chi connectivity index (χ4v) is 3.08. The second kappa shape index (κ2) is 6.14. The van der Waals surface area contributed by atoms with E-state index in [1.165, 1.54) is 13.1 Å². The molecule has 7 nitrogen and oxygen atoms in total. The lowest BCUT2D eigenvalue weighted by atomic mass is 10.2. The van der Waals surface area contributed by atoms with E-state index in [4.69, 9.17) is 4.42 Å². The van der Waals surface area contributed by atoms with Crippen molar-refractivity contribution >= 4 is 32.5 Å². The zero-order valence-corrected chi connectivity index (χ0v) is 14.1. The number of amides is 1. The lowest BCUT2D eigenvalue weighted by molar-refractivity contribution is 0.102. The highest BCUT2D eigenvalue weighted by Gasteiger charge is 2.19. The number of hydrogen-bond acceptors (Lipinski definition) is 4. The van der Waals surface area contributed by atoms with Crippen molar-refractivity contribution in [1.82, 2.24) is 9.29 Å². The number of rotatable bonds is 5. The summed E-state index contributed by atoms with van der Waals surface area (Å²) in [6.45, 7) is 2.87. The highest BCUT2D eigenvalue weighted by molar-refractivity contribution is 7.89. The van der Waals surface area contributed by atoms with Gasteiger partial charge in [0.05, 0.1) is 11.1 Å². The van der Waals surface area contributed by atoms with Crippen LogP contribution in [0.25, 0.3) is 10.9 Å². The number of benzene rings is 1. The summed E-state index contributed by atoms with van der Waals surface area (Å²) in [5, 5.41) is 3.53. The van der Waals surface area contributed by atoms with Gasteiger partial charge in [-0.3, -0.25) is 4.79 Å². The molecule has 2 aromatic heterocycles. The van der Waals surface area contributed by atoms with Gasteiger partial charge in [-0.05, 0) is 37.6 Å². The van der Waals surface area contributed by atoms with Crippen LogP contribution in [-0.2, 0) is 16.6 Å². The smallest absolute Gasteiger partial charge is 0.273 e. The number of aromatic nitrogens is 1. The Morgan fingerprint density at radius 3 is 2.75 bits per heavy atom. The van der Waals surface area contributed by atoms with E-state index >= 15 is 0 Å². The van der Waals surface area contributed by atoms with E-state index in [-0.39, 0.29) is 10.7 Å². The molecule has 2 N–H and O–H groups in total. The fourth-order valence-electron chi connectivity index (χ4n) is 2.42. The SMILES string of the molecule is CCn1ccc2ccc(NC(=O)c3coc(S(=O)(=O)NC)c3)cc21. The number of nitrogens with zero attached hydrogens (tertiary/aromatic N) is 1. The molecule has 0 saturated carbocycles. The molecule has 2 heterocycles. The Kier molecular flexibility index (Phi) is 4.16. The van der Waals surface area contributed by atoms with Gasteiger partial charge in [-0.15, -0.1) is 0 Å². The first-order valence-corrected chi connectivity index (χ1v) is 8.85. The van der Waals surface area contributed by atoms with Gasteiger partial charge in [0, 0.05) is 24.5 Å². The highest BCUT2D eigenvalue weighted by Crippen LogP contribution is 2.22. The molecule has 0 atom stereocenters. The Morgan fingerprint density at radius 1 is 1.25 bits per heavy atom. The average molecular weight is 347 g/mol. The van der Waals surface area contributed by atoms with Crippen LogP contribution in [0.2, 0.25) is 0 Å². The lowest BCUT2D eigenvalue weighted by Crippen LogP contribution is -2.18. The maximum absolute atomic E-state index is 12.3. The van der Waals surface area contributed by atoms with E-state index in [2.05, 4.69) is 14.6 Å². The van der Waals surface area contributed by atoms with Gasteiger partial charge in [0.1, 0.15) is 6.26 Å². The molecule has 0 fully saturated rings. The molecule has 1 amide bonds. The van der Waals surface area contributed by atoms with E-state index in [1.807, 2.05) is 31.3 Å². The van der Waals surface area contributed by atoms with Crippen molar-refractivity contribution in [3.63, 3.8) is 0 Å². The van der Waals surface area contributed by atoms with Crippen LogP contribution in [0.1, 0.15) is 17.3 Å². The van der Waals surface area contributed by atoms with Crippen molar-refractivity contribution in [2.45, 2.75) is 18.6 Å². The fraction of sp³-hybridized carbons (Fsp3) is 0.188. The lowest BCUT2D eigenvalue weighted by Gasteiger charge is -2.06. The van der Waals surface area contributed by atoms with E-state index < -0.39 is 15.9 Å². The molecule has 0 saturated heterocycles. The van der Waals surface area contributed by atoms with Gasteiger partial charge in [-0.25, -0.2) is 13.1 Å². The summed E-state index contributed by atoms with van der Waals surface area (Å²) in [5.74, 6) is -0.440. The first-order valence-electron chi connectivity index (χ1n) is 7.37. The topological polar surface area (TPSA) is 93.3 Å². The Bertz CT molecular complexity index is 1000. The predicted molar refractivity (Wildman–Crippen MR) is 90.5 cm³/mol. The first kappa shape index (κ1) is 16.3. The van der Waals surface area contributed by atoms with Gasteiger partial charge < -0.3 is 14.3 Å². The largest absolute Gasteiger partial charge is 0.451 e. The summed E-state index contributed by atoms with van der Waals surface area (Å²) >= 11 is 0. The molecule has 8 heteroatoms. The van der Waals surface area contributed by atoms with E-state index in [9.17, 15) is 13.2 Å². The number of furan rings is 1. The monoisotopic (exact) mass is 347 g/mol. The third-order valence-corrected chi connectivity index (χ3v) is 5.02. The van der Waals surface area contributed by atoms with Gasteiger partial charge in [0.15, 0.2) is 0 Å². The summed E-state index contributed by atoms with van der Waals surface area (Å²) in [7, 11) is -2.44. The molecule has 0 aliphatic carbocycles. The second-order valence-corrected chi connectivity index (χ2v) is 7.01. The molecule has 3 rings (SSSR count). The van der Waals surface area contributed by atoms with Crippen molar-refractivity contribution in [2.24, 2.45) is 0 Å². The number of aryl methyl sites for hydroxylation is 1. The molecule has 0 bridgehead atoms. The van der Waals surface area contributed by atoms with Gasteiger partial charge in [0.2, 0.25) is 5.09 Å². The van der Waals surface area contributed by atoms with Crippen LogP contribution >= 0.6 is 0 Å². The molecular formula is C16H17N3O4S. The summed E-state index contributed by atoms with van der Waals surface area (Å²) in [6, 6.07) is 8.79. The molecule has 0 unspecified atom stereocenters. The van der Waals surface area contributed by atoms with Crippen molar-refractivity contribution in [1.29, 1.82) is 0 Å². The van der Waals surface area contributed by atoms with Crippen molar-refractivity contribution < 1.29 is 17.6 Å². The van der Waals surface area contributed by atoms with Crippen LogP contribution < -0.4 is 10.0 Å². The summed E-state index contributed by atoms with van der Waals surface area (Å²) < 4.78 is 32.4. The third kappa shape index (κ3) is 2.93. The third-order valence-electron chi connectivity index (χ3n) is 3.74. The first-order chi connectivity index (χ1) is 11.4. The van der Waals surface area contributed by atoms with Crippen molar-refractivity contribution in [3.8, 4) is 0 Å². The van der Waals surface area contributed by atoms with Crippen LogP contribution in [0, 0.1) is 0 Å². The van der Waals surface area contributed by atoms with Crippen LogP contribution in [0.3, 0.4) is 0 Å². The molecule has 126 valence electrons. The van der Waals surface area contributed by atoms with Crippen LogP contribution in [0.5, 0.6) is 0 Å². The number of fused-ring (bicyclic) bond motifs is 1. The van der Waals surface area contributed by atoms with Gasteiger partial charge >= 0.3 is 0 Å². The summed E-state index contributed by atoms with van der Waals surface area (Å²) in [4.78, 5) is 12.3. The Morgan fingerprint density at radius 2 is 2.04 bits per heavy atom. The number of carbonyl (C=O) groups is 1. The molecule has 24 heavy (non-hydrogen) atoms. The minimum atomic E-state index is -3.71. The number of nitrogens with one attached hydrogen (secondary N) is 2. The maximum Gasteiger partial charge on any atom is 0.273 e. The number of carbonyl (C=O) groups excluding carboxylic acids is 1. The predicted octanol–water partition coefficient (Wildman–Crippen LogP) is 2.41. The van der Waals surface area contributed by atoms with Crippen LogP contribution in [0.4, 0.5) is 5.69 Å². The van der Waals surface area contributed by atoms with Gasteiger partial charge in [-0.2, -0.15) is 0 Å². The average Bonchev–Trinajstić information content (AvgIpc) is 3.21. The number of sulfonamides is 1. The molecular weight excluding hydrogens is 330 g/mol. The van der Waals surface area contributed by atoms with Crippen LogP contribution in [-0.4, -0.2) is 25.9 Å². The zero-order valence-electron chi connectivity index (χ0n) is 13.2. The molecule has 0 radical (unpaired) electrons. The molecule has 1 aromatic carbocycles. The molecule has 0 aliphatic heterocycles. The summed E-state index contributed by atoms with van der Waals surface area (Å²) in [6.07, 6.45) is 3.11. The van der Waals surface area contributed by atoms with Crippen LogP contribution in [0.15, 0.2) is 52.3 Å². The van der Waals surface area contributed by atoms with Crippen molar-refractivity contribution in [2.75, 3.05) is 12.4 Å². The minimum absolute atomic E-state index is 0.134. The molecule has 0 aliphatic rings. The number of anilines is 1. The molecule has 3 aromatic rings. The van der Waals surface area contributed by atoms with Gasteiger partial charge in [0.25, 0.3) is 15.9 Å². The second-order valence-electron chi connectivity index (χ2n) is 5.19. The normalized spacial score (nSPS) is 11.8. The minimum Gasteiger partial charge on any atom is -0.451 e. The van der Waals surface area contributed by atoms with E-state index in [0.717, 1.165) is 23.7 Å². The van der Waals surface area contributed by atoms with Crippen molar-refractivity contribution in [3.05, 3.63) is 48.4 Å². The Labute approximate surface area is 139 Å². The Balaban J connectivity index is 1.85. The standard InChI is InChI=1S/C16H17N3O4S/c1-3-19-7-6-11-4-5-13(9-14(11)19)18-16(20)12-8-15(23-10-12)24(21,22)17-2/h4-10,17H,3H2,1-2H3,(H,18,20). The quantitative estimate of drug-likeness (QED) is 0.741. The van der Waals surface area contributed by atoms with Gasteiger partial charge in [-0.1, -0.05) is 6.07 Å². The zero-order chi connectivity index (χ0) is 17.3. The maximum atomic E-state index is 12.3.